The van der Waals surface area contributed by atoms with E-state index in [-0.39, 0.29) is 0 Å². The monoisotopic (exact) mass is 490 g/mol. The molecule has 0 spiro atoms. The third-order valence-corrected chi connectivity index (χ3v) is 11.6. The third kappa shape index (κ3) is 9.52. The SMILES string of the molecule is [O]=[Nb](=[O])[O][Pb][O][Nb](=[O])=[O]. The van der Waals surface area contributed by atoms with Crippen molar-refractivity contribution in [2.24, 2.45) is 0 Å². The molecule has 0 aliphatic rings. The molecule has 0 saturated carbocycles. The van der Waals surface area contributed by atoms with Crippen molar-refractivity contribution >= 4 is 25.1 Å². The Morgan fingerprint density at radius 2 is 1.22 bits per heavy atom. The van der Waals surface area contributed by atoms with Gasteiger partial charge in [0.05, 0.1) is 0 Å². The van der Waals surface area contributed by atoms with Crippen molar-refractivity contribution in [2.75, 3.05) is 0 Å². The molecular formula is Nb2O6Pb. The molecule has 9 heteroatoms. The van der Waals surface area contributed by atoms with Crippen molar-refractivity contribution in [3.8, 4) is 0 Å². The van der Waals surface area contributed by atoms with Crippen LogP contribution in [0.4, 0.5) is 0 Å². The molecule has 0 aromatic rings. The molecule has 9 heavy (non-hydrogen) atoms. The molecule has 50 valence electrons. The van der Waals surface area contributed by atoms with Gasteiger partial charge in [0.25, 0.3) is 0 Å². The van der Waals surface area contributed by atoms with E-state index in [2.05, 4.69) is 2.39 Å². The standard InChI is InChI=1S/2Nb.6O.Pb. The van der Waals surface area contributed by atoms with Gasteiger partial charge in [0.15, 0.2) is 0 Å². The van der Waals surface area contributed by atoms with Gasteiger partial charge in [-0.25, -0.2) is 0 Å². The Balaban J connectivity index is 3.31. The van der Waals surface area contributed by atoms with Crippen LogP contribution >= 0.6 is 0 Å². The molecule has 0 atom stereocenters. The van der Waals surface area contributed by atoms with Crippen LogP contribution < -0.4 is 0 Å². The van der Waals surface area contributed by atoms with Crippen LogP contribution in [0, 0.1) is 0 Å². The topological polar surface area (TPSA) is 86.7 Å². The first-order chi connectivity index (χ1) is 4.13. The van der Waals surface area contributed by atoms with Crippen molar-refractivity contribution in [1.29, 1.82) is 0 Å². The summed E-state index contributed by atoms with van der Waals surface area (Å²) in [6, 6.07) is 0. The summed E-state index contributed by atoms with van der Waals surface area (Å²) in [4.78, 5) is 0. The fourth-order valence-electron chi connectivity index (χ4n) is 0.0775. The van der Waals surface area contributed by atoms with Crippen LogP contribution in [-0.4, -0.2) is 25.1 Å². The summed E-state index contributed by atoms with van der Waals surface area (Å²) in [7, 11) is 0. The molecule has 6 nitrogen and oxygen atoms in total. The molecule has 0 aromatic heterocycles. The molecule has 0 bridgehead atoms. The van der Waals surface area contributed by atoms with E-state index in [4.69, 9.17) is 0 Å². The Morgan fingerprint density at radius 1 is 0.889 bits per heavy atom. The summed E-state index contributed by atoms with van der Waals surface area (Å²) in [5, 5.41) is 0. The first kappa shape index (κ1) is 10.5. The summed E-state index contributed by atoms with van der Waals surface area (Å²) in [6.45, 7) is 0. The maximum absolute atomic E-state index is 9.70. The van der Waals surface area contributed by atoms with E-state index in [1.807, 2.05) is 0 Å². The molecule has 0 unspecified atom stereocenters. The van der Waals surface area contributed by atoms with Gasteiger partial charge in [-0.15, -0.1) is 0 Å². The van der Waals surface area contributed by atoms with E-state index in [1.54, 1.807) is 0 Å². The van der Waals surface area contributed by atoms with Crippen LogP contribution in [0.5, 0.6) is 0 Å². The Morgan fingerprint density at radius 3 is 1.44 bits per heavy atom. The second-order valence-corrected chi connectivity index (χ2v) is 12.9. The average Bonchev–Trinajstić information content (AvgIpc) is 1.63. The van der Waals surface area contributed by atoms with E-state index in [0.717, 1.165) is 0 Å². The van der Waals surface area contributed by atoms with Gasteiger partial charge in [0.1, 0.15) is 0 Å². The van der Waals surface area contributed by atoms with Gasteiger partial charge < -0.3 is 0 Å². The predicted molar refractivity (Wildman–Crippen MR) is 10.7 cm³/mol. The predicted octanol–water partition coefficient (Wildman–Crippen LogP) is -0.998. The van der Waals surface area contributed by atoms with Gasteiger partial charge in [-0.1, -0.05) is 0 Å². The molecule has 0 amide bonds. The Labute approximate surface area is 77.0 Å². The maximum atomic E-state index is 9.70. The third-order valence-electron chi connectivity index (χ3n) is 0.224. The molecular weight excluding hydrogens is 489 g/mol. The minimum absolute atomic E-state index is 2.21. The molecule has 0 aliphatic heterocycles. The summed E-state index contributed by atoms with van der Waals surface area (Å²) in [6.07, 6.45) is 0. The van der Waals surface area contributed by atoms with Gasteiger partial charge in [-0.2, -0.15) is 0 Å². The van der Waals surface area contributed by atoms with Crippen LogP contribution in [0.2, 0.25) is 0 Å². The molecule has 0 N–H and O–H groups in total. The van der Waals surface area contributed by atoms with E-state index in [1.165, 1.54) is 0 Å². The van der Waals surface area contributed by atoms with Gasteiger partial charge in [-0.05, 0) is 0 Å². The fourth-order valence-corrected chi connectivity index (χ4v) is 8.28. The molecule has 0 rings (SSSR count). The number of hydrogen-bond acceptors (Lipinski definition) is 6. The minimum atomic E-state index is -3.88. The summed E-state index contributed by atoms with van der Waals surface area (Å²) in [5.74, 6) is 0. The van der Waals surface area contributed by atoms with Crippen molar-refractivity contribution in [1.82, 2.24) is 0 Å². The van der Waals surface area contributed by atoms with E-state index >= 15 is 0 Å². The van der Waals surface area contributed by atoms with Crippen molar-refractivity contribution in [2.45, 2.75) is 0 Å². The fraction of sp³-hybridized carbons (Fsp3) is 0. The van der Waals surface area contributed by atoms with Gasteiger partial charge in [0.2, 0.25) is 0 Å². The van der Waals surface area contributed by atoms with E-state index < -0.39 is 62.7 Å². The van der Waals surface area contributed by atoms with Crippen LogP contribution in [0.15, 0.2) is 0 Å². The summed E-state index contributed by atoms with van der Waals surface area (Å²) in [5.41, 5.74) is 0. The van der Waals surface area contributed by atoms with E-state index in [0.29, 0.717) is 0 Å². The van der Waals surface area contributed by atoms with Crippen molar-refractivity contribution < 1.29 is 53.0 Å². The molecule has 0 fully saturated rings. The first-order valence-electron chi connectivity index (χ1n) is 1.50. The molecule has 0 heterocycles. The van der Waals surface area contributed by atoms with Crippen molar-refractivity contribution in [3.63, 3.8) is 0 Å². The Hall–Kier alpha value is 1.52. The van der Waals surface area contributed by atoms with Crippen LogP contribution in [0.25, 0.3) is 0 Å². The van der Waals surface area contributed by atoms with E-state index in [9.17, 15) is 13.0 Å². The molecule has 0 aromatic carbocycles. The summed E-state index contributed by atoms with van der Waals surface area (Å²) < 4.78 is 46.9. The quantitative estimate of drug-likeness (QED) is 0.472. The molecule has 0 aliphatic carbocycles. The second-order valence-electron chi connectivity index (χ2n) is 0.713. The van der Waals surface area contributed by atoms with Crippen LogP contribution in [-0.2, 0) is 53.0 Å². The molecule has 2 radical (unpaired) electrons. The number of hydrogen-bond donors (Lipinski definition) is 0. The Bertz CT molecular complexity index is 161. The zero-order valence-electron chi connectivity index (χ0n) is 3.84. The van der Waals surface area contributed by atoms with Gasteiger partial charge in [-0.3, -0.25) is 0 Å². The Kier molecular flexibility index (Phi) is 7.30. The van der Waals surface area contributed by atoms with Gasteiger partial charge >= 0.3 is 78.1 Å². The number of rotatable bonds is 4. The zero-order valence-corrected chi connectivity index (χ0v) is 12.1. The molecule has 0 saturated heterocycles. The van der Waals surface area contributed by atoms with Gasteiger partial charge in [0, 0.05) is 0 Å². The van der Waals surface area contributed by atoms with Crippen LogP contribution in [0.1, 0.15) is 0 Å². The van der Waals surface area contributed by atoms with Crippen molar-refractivity contribution in [3.05, 3.63) is 0 Å². The van der Waals surface area contributed by atoms with Crippen LogP contribution in [0.3, 0.4) is 0 Å². The summed E-state index contributed by atoms with van der Waals surface area (Å²) >= 11 is -9.96. The first-order valence-corrected chi connectivity index (χ1v) is 10.1. The second kappa shape index (κ2) is 6.25. The normalized spacial score (nSPS) is 8.89. The average molecular weight is 489 g/mol. The zero-order chi connectivity index (χ0) is 7.28.